The Morgan fingerprint density at radius 1 is 1.02 bits per heavy atom. The normalized spacial score (nSPS) is 15.7. The molecule has 0 saturated carbocycles. The fraction of sp³-hybridized carbons (Fsp3) is 0.469. The van der Waals surface area contributed by atoms with Crippen LogP contribution in [0.5, 0.6) is 0 Å². The Morgan fingerprint density at radius 2 is 1.74 bits per heavy atom. The van der Waals surface area contributed by atoms with Gasteiger partial charge in [0.05, 0.1) is 11.4 Å². The van der Waals surface area contributed by atoms with Crippen LogP contribution >= 0.6 is 11.6 Å². The Morgan fingerprint density at radius 3 is 2.38 bits per heavy atom. The number of aryl methyl sites for hydroxylation is 1. The number of benzene rings is 2. The predicted octanol–water partition coefficient (Wildman–Crippen LogP) is 6.79. The van der Waals surface area contributed by atoms with Crippen molar-refractivity contribution in [1.29, 1.82) is 0 Å². The van der Waals surface area contributed by atoms with Gasteiger partial charge in [0, 0.05) is 60.6 Å². The largest absolute Gasteiger partial charge is 0.383 e. The van der Waals surface area contributed by atoms with Crippen molar-refractivity contribution in [2.45, 2.75) is 66.1 Å². The van der Waals surface area contributed by atoms with Crippen molar-refractivity contribution in [2.75, 3.05) is 44.3 Å². The fourth-order valence-corrected chi connectivity index (χ4v) is 5.35. The van der Waals surface area contributed by atoms with E-state index in [4.69, 9.17) is 22.4 Å². The van der Waals surface area contributed by atoms with E-state index in [1.165, 1.54) is 45.0 Å². The van der Waals surface area contributed by atoms with Crippen LogP contribution in [0.1, 0.15) is 57.7 Å². The lowest BCUT2D eigenvalue weighted by Gasteiger charge is -2.36. The van der Waals surface area contributed by atoms with E-state index in [2.05, 4.69) is 59.8 Å². The Bertz CT molecular complexity index is 1460. The summed E-state index contributed by atoms with van der Waals surface area (Å²) in [6.07, 6.45) is 3.67. The van der Waals surface area contributed by atoms with Crippen molar-refractivity contribution in [1.82, 2.24) is 29.5 Å². The maximum atomic E-state index is 14.0. The molecule has 2 aromatic carbocycles. The molecule has 4 aromatic rings. The molecule has 1 aliphatic heterocycles. The first-order valence-electron chi connectivity index (χ1n) is 14.8. The third-order valence-electron chi connectivity index (χ3n) is 8.29. The number of hydrogen-bond donors (Lipinski definition) is 2. The molecule has 0 spiro atoms. The van der Waals surface area contributed by atoms with Gasteiger partial charge in [0.2, 0.25) is 0 Å². The van der Waals surface area contributed by atoms with Crippen LogP contribution in [0.15, 0.2) is 42.7 Å². The van der Waals surface area contributed by atoms with E-state index < -0.39 is 0 Å². The van der Waals surface area contributed by atoms with Gasteiger partial charge in [-0.1, -0.05) is 37.6 Å². The number of nitrogen functional groups attached to an aromatic ring is 1. The highest BCUT2D eigenvalue weighted by molar-refractivity contribution is 6.31. The molecular weight excluding hydrogens is 551 g/mol. The minimum Gasteiger partial charge on any atom is -0.383 e. The van der Waals surface area contributed by atoms with E-state index in [-0.39, 0.29) is 18.4 Å². The molecular formula is C32H44ClFN8. The Balaban J connectivity index is 0.000000310. The minimum atomic E-state index is -0.328. The topological polar surface area (TPSA) is 88.1 Å². The summed E-state index contributed by atoms with van der Waals surface area (Å²) in [5.74, 6) is 0.0798. The highest BCUT2D eigenvalue weighted by atomic mass is 35.5. The number of nitrogens with zero attached hydrogens (tertiary/aromatic N) is 6. The first-order valence-corrected chi connectivity index (χ1v) is 15.2. The summed E-state index contributed by atoms with van der Waals surface area (Å²) in [6, 6.07) is 11.6. The van der Waals surface area contributed by atoms with Crippen LogP contribution in [-0.2, 0) is 6.54 Å². The van der Waals surface area contributed by atoms with Crippen molar-refractivity contribution in [3.05, 3.63) is 64.7 Å². The van der Waals surface area contributed by atoms with Gasteiger partial charge in [0.1, 0.15) is 23.7 Å². The summed E-state index contributed by atoms with van der Waals surface area (Å²) in [5.41, 5.74) is 10.9. The van der Waals surface area contributed by atoms with Crippen LogP contribution in [0.3, 0.4) is 0 Å². The number of aromatic nitrogens is 4. The lowest BCUT2D eigenvalue weighted by Crippen LogP contribution is -2.47. The summed E-state index contributed by atoms with van der Waals surface area (Å²) >= 11 is 6.13. The van der Waals surface area contributed by atoms with E-state index in [0.717, 1.165) is 46.0 Å². The molecule has 10 heteroatoms. The smallest absolute Gasteiger partial charge is 0.164 e. The van der Waals surface area contributed by atoms with Crippen LogP contribution in [0.4, 0.5) is 15.9 Å². The second-order valence-corrected chi connectivity index (χ2v) is 11.6. The first kappa shape index (κ1) is 31.7. The number of halogens is 2. The maximum absolute atomic E-state index is 14.0. The molecule has 2 unspecified atom stereocenters. The van der Waals surface area contributed by atoms with E-state index in [1.807, 2.05) is 29.8 Å². The van der Waals surface area contributed by atoms with Gasteiger partial charge in [0.15, 0.2) is 5.65 Å². The zero-order valence-corrected chi connectivity index (χ0v) is 26.4. The molecule has 0 amide bonds. The monoisotopic (exact) mass is 594 g/mol. The van der Waals surface area contributed by atoms with Crippen LogP contribution in [-0.4, -0.2) is 68.8 Å². The van der Waals surface area contributed by atoms with E-state index >= 15 is 0 Å². The minimum absolute atomic E-state index is 0.178. The SMILES string of the molecule is CCC(C)N1CCN(C)CC1.CCC(C)n1nc(-c2ccc(NCc3c(F)cccc3Cl)cc2C)c2c(N)ncnc21. The molecule has 0 radical (unpaired) electrons. The molecule has 0 bridgehead atoms. The quantitative estimate of drug-likeness (QED) is 0.232. The lowest BCUT2D eigenvalue weighted by atomic mass is 10.0. The molecule has 1 saturated heterocycles. The van der Waals surface area contributed by atoms with Crippen LogP contribution < -0.4 is 11.1 Å². The number of anilines is 2. The van der Waals surface area contributed by atoms with Crippen LogP contribution in [0, 0.1) is 12.7 Å². The molecule has 3 N–H and O–H groups in total. The van der Waals surface area contributed by atoms with Gasteiger partial charge in [-0.05, 0) is 70.5 Å². The van der Waals surface area contributed by atoms with E-state index in [9.17, 15) is 4.39 Å². The molecule has 2 atom stereocenters. The predicted molar refractivity (Wildman–Crippen MR) is 172 cm³/mol. The van der Waals surface area contributed by atoms with Gasteiger partial charge in [-0.3, -0.25) is 4.90 Å². The zero-order chi connectivity index (χ0) is 30.4. The summed E-state index contributed by atoms with van der Waals surface area (Å²) < 4.78 is 16.0. The number of piperazine rings is 1. The highest BCUT2D eigenvalue weighted by Gasteiger charge is 2.21. The van der Waals surface area contributed by atoms with Gasteiger partial charge in [0.25, 0.3) is 0 Å². The number of nitrogens with one attached hydrogen (secondary N) is 1. The Kier molecular flexibility index (Phi) is 10.8. The van der Waals surface area contributed by atoms with Crippen LogP contribution in [0.25, 0.3) is 22.3 Å². The summed E-state index contributed by atoms with van der Waals surface area (Å²) in [5, 5.41) is 9.24. The summed E-state index contributed by atoms with van der Waals surface area (Å²) in [6.45, 7) is 16.1. The van der Waals surface area contributed by atoms with Gasteiger partial charge >= 0.3 is 0 Å². The number of rotatable bonds is 8. The third kappa shape index (κ3) is 7.19. The lowest BCUT2D eigenvalue weighted by molar-refractivity contribution is 0.117. The van der Waals surface area contributed by atoms with Crippen molar-refractivity contribution in [3.63, 3.8) is 0 Å². The van der Waals surface area contributed by atoms with Crippen molar-refractivity contribution < 1.29 is 4.39 Å². The molecule has 0 aliphatic carbocycles. The average Bonchev–Trinajstić information content (AvgIpc) is 3.37. The van der Waals surface area contributed by atoms with Gasteiger partial charge in [-0.25, -0.2) is 19.0 Å². The number of fused-ring (bicyclic) bond motifs is 1. The number of likely N-dealkylation sites (N-methyl/N-ethyl adjacent to an activating group) is 1. The average molecular weight is 595 g/mol. The number of hydrogen-bond acceptors (Lipinski definition) is 7. The second-order valence-electron chi connectivity index (χ2n) is 11.2. The van der Waals surface area contributed by atoms with Gasteiger partial charge < -0.3 is 16.0 Å². The second kappa shape index (κ2) is 14.3. The van der Waals surface area contributed by atoms with Crippen molar-refractivity contribution in [2.24, 2.45) is 0 Å². The standard InChI is InChI=1S/C23H24ClFN6.C9H20N2/c1-4-14(3)31-23-20(22(26)28-12-29-23)21(30-31)16-9-8-15(10-13(16)2)27-11-17-18(24)6-5-7-19(17)25;1-4-9(2)11-7-5-10(3)6-8-11/h5-10,12,14,27H,4,11H2,1-3H3,(H2,26,28,29);9H,4-8H2,1-3H3. The molecule has 2 aromatic heterocycles. The number of nitrogens with two attached hydrogens (primary N) is 1. The van der Waals surface area contributed by atoms with E-state index in [0.29, 0.717) is 16.4 Å². The first-order chi connectivity index (χ1) is 20.1. The Hall–Kier alpha value is -3.27. The van der Waals surface area contributed by atoms with Gasteiger partial charge in [-0.15, -0.1) is 0 Å². The highest BCUT2D eigenvalue weighted by Crippen LogP contribution is 2.34. The Labute approximate surface area is 254 Å². The fourth-order valence-electron chi connectivity index (χ4n) is 5.12. The van der Waals surface area contributed by atoms with Crippen LogP contribution in [0.2, 0.25) is 5.02 Å². The molecule has 5 rings (SSSR count). The van der Waals surface area contributed by atoms with E-state index in [1.54, 1.807) is 12.1 Å². The summed E-state index contributed by atoms with van der Waals surface area (Å²) in [7, 11) is 2.20. The molecule has 42 heavy (non-hydrogen) atoms. The zero-order valence-electron chi connectivity index (χ0n) is 25.7. The maximum Gasteiger partial charge on any atom is 0.164 e. The molecule has 1 aliphatic rings. The van der Waals surface area contributed by atoms with Gasteiger partial charge in [-0.2, -0.15) is 5.10 Å². The molecule has 1 fully saturated rings. The molecule has 226 valence electrons. The third-order valence-corrected chi connectivity index (χ3v) is 8.65. The van der Waals surface area contributed by atoms with Crippen molar-refractivity contribution in [3.8, 4) is 11.3 Å². The summed E-state index contributed by atoms with van der Waals surface area (Å²) in [4.78, 5) is 13.6. The molecule has 3 heterocycles. The van der Waals surface area contributed by atoms with Crippen molar-refractivity contribution >= 4 is 34.1 Å². The molecule has 8 nitrogen and oxygen atoms in total.